The first-order chi connectivity index (χ1) is 17.7. The Bertz CT molecular complexity index is 1500. The van der Waals surface area contributed by atoms with Crippen molar-refractivity contribution < 1.29 is 18.7 Å². The number of nitrogens with zero attached hydrogens (tertiary/aromatic N) is 1. The summed E-state index contributed by atoms with van der Waals surface area (Å²) in [5.74, 6) is -0.866. The highest BCUT2D eigenvalue weighted by molar-refractivity contribution is 7.17. The SMILES string of the molecule is C=CCn1c(C(=O)Nc2sc(C)c(-c3ccc(F)cc3)c2C(=O)OCC)c(C)c2cc(C(C)C)ccc21. The molecule has 4 rings (SSSR count). The van der Waals surface area contributed by atoms with E-state index >= 15 is 0 Å². The summed E-state index contributed by atoms with van der Waals surface area (Å²) in [5, 5.41) is 4.41. The van der Waals surface area contributed by atoms with Gasteiger partial charge in [0.05, 0.1) is 6.61 Å². The number of hydrogen-bond donors (Lipinski definition) is 1. The summed E-state index contributed by atoms with van der Waals surface area (Å²) in [5.41, 5.74) is 5.10. The van der Waals surface area contributed by atoms with Crippen molar-refractivity contribution in [3.63, 3.8) is 0 Å². The number of halogens is 1. The molecule has 0 aliphatic rings. The summed E-state index contributed by atoms with van der Waals surface area (Å²) < 4.78 is 20.9. The van der Waals surface area contributed by atoms with Crippen LogP contribution in [0.5, 0.6) is 0 Å². The number of aromatic nitrogens is 1. The number of thiophene rings is 1. The summed E-state index contributed by atoms with van der Waals surface area (Å²) in [6.07, 6.45) is 1.76. The zero-order chi connectivity index (χ0) is 26.9. The van der Waals surface area contributed by atoms with Gasteiger partial charge >= 0.3 is 5.97 Å². The Morgan fingerprint density at radius 1 is 1.16 bits per heavy atom. The molecular formula is C30H31FN2O3S. The highest BCUT2D eigenvalue weighted by atomic mass is 32.1. The Labute approximate surface area is 220 Å². The summed E-state index contributed by atoms with van der Waals surface area (Å²) in [7, 11) is 0. The van der Waals surface area contributed by atoms with E-state index in [-0.39, 0.29) is 23.9 Å². The van der Waals surface area contributed by atoms with E-state index < -0.39 is 5.97 Å². The smallest absolute Gasteiger partial charge is 0.341 e. The molecule has 1 N–H and O–H groups in total. The van der Waals surface area contributed by atoms with E-state index in [9.17, 15) is 14.0 Å². The third kappa shape index (κ3) is 4.96. The summed E-state index contributed by atoms with van der Waals surface area (Å²) in [6.45, 7) is 14.3. The fourth-order valence-corrected chi connectivity index (χ4v) is 5.73. The van der Waals surface area contributed by atoms with Crippen molar-refractivity contribution >= 4 is 39.1 Å². The molecule has 2 heterocycles. The van der Waals surface area contributed by atoms with Crippen molar-refractivity contribution in [3.8, 4) is 11.1 Å². The van der Waals surface area contributed by atoms with Crippen LogP contribution in [0.2, 0.25) is 0 Å². The number of nitrogens with one attached hydrogen (secondary N) is 1. The van der Waals surface area contributed by atoms with Gasteiger partial charge in [-0.25, -0.2) is 9.18 Å². The maximum Gasteiger partial charge on any atom is 0.341 e. The molecule has 0 aliphatic carbocycles. The molecule has 7 heteroatoms. The van der Waals surface area contributed by atoms with E-state index in [0.717, 1.165) is 21.3 Å². The van der Waals surface area contributed by atoms with E-state index in [1.165, 1.54) is 29.0 Å². The van der Waals surface area contributed by atoms with E-state index in [1.54, 1.807) is 25.1 Å². The molecule has 0 unspecified atom stereocenters. The average molecular weight is 519 g/mol. The fraction of sp³-hybridized carbons (Fsp3) is 0.267. The van der Waals surface area contributed by atoms with E-state index in [1.807, 2.05) is 24.5 Å². The number of aryl methyl sites for hydroxylation is 2. The van der Waals surface area contributed by atoms with Gasteiger partial charge in [0.1, 0.15) is 22.1 Å². The number of rotatable bonds is 8. The maximum atomic E-state index is 13.8. The summed E-state index contributed by atoms with van der Waals surface area (Å²) in [4.78, 5) is 27.7. The normalized spacial score (nSPS) is 11.2. The van der Waals surface area contributed by atoms with Crippen molar-refractivity contribution in [2.24, 2.45) is 0 Å². The molecule has 1 amide bonds. The highest BCUT2D eigenvalue weighted by Gasteiger charge is 2.28. The van der Waals surface area contributed by atoms with Crippen LogP contribution in [0.3, 0.4) is 0 Å². The molecule has 2 aromatic heterocycles. The van der Waals surface area contributed by atoms with Gasteiger partial charge in [-0.2, -0.15) is 0 Å². The van der Waals surface area contributed by atoms with E-state index in [0.29, 0.717) is 34.3 Å². The molecule has 37 heavy (non-hydrogen) atoms. The van der Waals surface area contributed by atoms with Gasteiger partial charge in [0.2, 0.25) is 0 Å². The lowest BCUT2D eigenvalue weighted by molar-refractivity contribution is 0.0529. The average Bonchev–Trinajstić information content (AvgIpc) is 3.33. The lowest BCUT2D eigenvalue weighted by Gasteiger charge is -2.12. The van der Waals surface area contributed by atoms with Crippen LogP contribution < -0.4 is 5.32 Å². The third-order valence-electron chi connectivity index (χ3n) is 6.46. The van der Waals surface area contributed by atoms with E-state index in [2.05, 4.69) is 37.9 Å². The lowest BCUT2D eigenvalue weighted by atomic mass is 10.0. The third-order valence-corrected chi connectivity index (χ3v) is 7.48. The second kappa shape index (κ2) is 10.7. The van der Waals surface area contributed by atoms with Crippen LogP contribution in [0, 0.1) is 19.7 Å². The number of allylic oxidation sites excluding steroid dienone is 1. The molecule has 0 saturated heterocycles. The fourth-order valence-electron chi connectivity index (χ4n) is 4.67. The number of hydrogen-bond acceptors (Lipinski definition) is 4. The predicted molar refractivity (Wildman–Crippen MR) is 149 cm³/mol. The van der Waals surface area contributed by atoms with Gasteiger partial charge in [-0.1, -0.05) is 38.1 Å². The Hall–Kier alpha value is -3.71. The Morgan fingerprint density at radius 3 is 2.49 bits per heavy atom. The standard InChI is InChI=1S/C30H31FN2O3S/c1-7-15-33-24-14-11-21(17(3)4)16-23(24)18(5)27(33)28(34)32-29-26(30(35)36-8-2)25(19(6)37-29)20-9-12-22(31)13-10-20/h7,9-14,16-17H,1,8,15H2,2-6H3,(H,32,34). The Kier molecular flexibility index (Phi) is 7.64. The number of benzene rings is 2. The van der Waals surface area contributed by atoms with Crippen LogP contribution >= 0.6 is 11.3 Å². The van der Waals surface area contributed by atoms with E-state index in [4.69, 9.17) is 4.74 Å². The number of carbonyl (C=O) groups excluding carboxylic acids is 2. The van der Waals surface area contributed by atoms with Crippen molar-refractivity contribution in [1.82, 2.24) is 4.57 Å². The van der Waals surface area contributed by atoms with Crippen LogP contribution in [0.1, 0.15) is 63.5 Å². The molecule has 5 nitrogen and oxygen atoms in total. The molecule has 2 aromatic carbocycles. The number of fused-ring (bicyclic) bond motifs is 1. The second-order valence-electron chi connectivity index (χ2n) is 9.22. The van der Waals surface area contributed by atoms with Gasteiger partial charge < -0.3 is 14.6 Å². The van der Waals surface area contributed by atoms with Crippen LogP contribution in [-0.4, -0.2) is 23.1 Å². The topological polar surface area (TPSA) is 60.3 Å². The largest absolute Gasteiger partial charge is 0.462 e. The molecule has 0 atom stereocenters. The molecule has 192 valence electrons. The van der Waals surface area contributed by atoms with Crippen LogP contribution in [-0.2, 0) is 11.3 Å². The first-order valence-corrected chi connectivity index (χ1v) is 13.1. The monoisotopic (exact) mass is 518 g/mol. The summed E-state index contributed by atoms with van der Waals surface area (Å²) >= 11 is 1.30. The zero-order valence-electron chi connectivity index (χ0n) is 21.8. The quantitative estimate of drug-likeness (QED) is 0.191. The minimum Gasteiger partial charge on any atom is -0.462 e. The van der Waals surface area contributed by atoms with Crippen LogP contribution in [0.4, 0.5) is 9.39 Å². The van der Waals surface area contributed by atoms with Crippen LogP contribution in [0.15, 0.2) is 55.1 Å². The summed E-state index contributed by atoms with van der Waals surface area (Å²) in [6, 6.07) is 12.2. The van der Waals surface area contributed by atoms with Gasteiger partial charge in [-0.3, -0.25) is 4.79 Å². The molecule has 0 bridgehead atoms. The Morgan fingerprint density at radius 2 is 1.86 bits per heavy atom. The van der Waals surface area contributed by atoms with Crippen molar-refractivity contribution in [2.75, 3.05) is 11.9 Å². The van der Waals surface area contributed by atoms with Gasteiger partial charge in [0.15, 0.2) is 0 Å². The number of carbonyl (C=O) groups is 2. The number of esters is 1. The number of anilines is 1. The molecule has 0 saturated carbocycles. The van der Waals surface area contributed by atoms with Crippen LogP contribution in [0.25, 0.3) is 22.0 Å². The van der Waals surface area contributed by atoms with Gasteiger partial charge in [0, 0.05) is 27.9 Å². The van der Waals surface area contributed by atoms with Crippen molar-refractivity contribution in [3.05, 3.63) is 88.2 Å². The molecule has 4 aromatic rings. The Balaban J connectivity index is 1.84. The molecule has 0 aliphatic heterocycles. The minimum atomic E-state index is -0.536. The molecule has 0 fully saturated rings. The van der Waals surface area contributed by atoms with Gasteiger partial charge in [0.25, 0.3) is 5.91 Å². The number of amides is 1. The van der Waals surface area contributed by atoms with Gasteiger partial charge in [-0.05, 0) is 67.6 Å². The predicted octanol–water partition coefficient (Wildman–Crippen LogP) is 7.86. The minimum absolute atomic E-state index is 0.189. The zero-order valence-corrected chi connectivity index (χ0v) is 22.6. The second-order valence-corrected chi connectivity index (χ2v) is 10.4. The lowest BCUT2D eigenvalue weighted by Crippen LogP contribution is -2.19. The number of ether oxygens (including phenoxy) is 1. The molecular weight excluding hydrogens is 487 g/mol. The van der Waals surface area contributed by atoms with Gasteiger partial charge in [-0.15, -0.1) is 17.9 Å². The van der Waals surface area contributed by atoms with Crippen molar-refractivity contribution in [2.45, 2.75) is 47.1 Å². The molecule has 0 radical (unpaired) electrons. The first-order valence-electron chi connectivity index (χ1n) is 12.3. The molecule has 0 spiro atoms. The van der Waals surface area contributed by atoms with Crippen molar-refractivity contribution in [1.29, 1.82) is 0 Å². The maximum absolute atomic E-state index is 13.8. The highest BCUT2D eigenvalue weighted by Crippen LogP contribution is 2.41. The first kappa shape index (κ1) is 26.4.